The molecule has 6 heteroatoms. The van der Waals surface area contributed by atoms with Gasteiger partial charge in [-0.15, -0.1) is 0 Å². The van der Waals surface area contributed by atoms with Crippen LogP contribution in [0, 0.1) is 11.6 Å². The second-order valence-corrected chi connectivity index (χ2v) is 4.64. The Hall–Kier alpha value is -1.56. The lowest BCUT2D eigenvalue weighted by Crippen LogP contribution is -2.42. The highest BCUT2D eigenvalue weighted by Crippen LogP contribution is 2.14. The van der Waals surface area contributed by atoms with E-state index in [0.717, 1.165) is 18.2 Å². The molecule has 1 aromatic carbocycles. The van der Waals surface area contributed by atoms with Crippen molar-refractivity contribution >= 4 is 23.1 Å². The smallest absolute Gasteiger partial charge is 0.257 e. The molecule has 0 fully saturated rings. The number of hydrogen-bond donors (Lipinski definition) is 1. The molecule has 0 heterocycles. The van der Waals surface area contributed by atoms with Gasteiger partial charge in [0.25, 0.3) is 5.91 Å². The number of rotatable bonds is 4. The van der Waals surface area contributed by atoms with E-state index in [0.29, 0.717) is 0 Å². The van der Waals surface area contributed by atoms with Crippen LogP contribution in [0.4, 0.5) is 8.78 Å². The van der Waals surface area contributed by atoms with Crippen LogP contribution in [0.3, 0.4) is 0 Å². The number of halogens is 2. The molecule has 0 bridgehead atoms. The molecule has 98 valence electrons. The van der Waals surface area contributed by atoms with E-state index in [1.54, 1.807) is 13.8 Å². The highest BCUT2D eigenvalue weighted by atomic mass is 32.1. The van der Waals surface area contributed by atoms with Crippen LogP contribution in [0.1, 0.15) is 24.2 Å². The summed E-state index contributed by atoms with van der Waals surface area (Å²) in [7, 11) is 0. The van der Waals surface area contributed by atoms with Crippen molar-refractivity contribution in [3.63, 3.8) is 0 Å². The zero-order chi connectivity index (χ0) is 13.9. The highest BCUT2D eigenvalue weighted by Gasteiger charge is 2.22. The topological polar surface area (TPSA) is 46.3 Å². The predicted octanol–water partition coefficient (Wildman–Crippen LogP) is 2.10. The average molecular weight is 272 g/mol. The van der Waals surface area contributed by atoms with Crippen LogP contribution in [-0.4, -0.2) is 28.4 Å². The first-order valence-corrected chi connectivity index (χ1v) is 5.78. The van der Waals surface area contributed by atoms with Gasteiger partial charge in [-0.25, -0.2) is 8.78 Å². The van der Waals surface area contributed by atoms with Gasteiger partial charge in [0, 0.05) is 6.04 Å². The van der Waals surface area contributed by atoms with Crippen LogP contribution in [0.25, 0.3) is 0 Å². The van der Waals surface area contributed by atoms with Gasteiger partial charge in [0.2, 0.25) is 0 Å². The van der Waals surface area contributed by atoms with Crippen LogP contribution in [0.2, 0.25) is 0 Å². The number of thiocarbonyl (C=S) groups is 1. The highest BCUT2D eigenvalue weighted by molar-refractivity contribution is 7.80. The number of nitrogens with zero attached hydrogens (tertiary/aromatic N) is 1. The molecule has 0 radical (unpaired) electrons. The fraction of sp³-hybridized carbons (Fsp3) is 0.333. The van der Waals surface area contributed by atoms with Crippen LogP contribution < -0.4 is 5.73 Å². The van der Waals surface area contributed by atoms with E-state index in [-0.39, 0.29) is 23.1 Å². The molecular weight excluding hydrogens is 258 g/mol. The molecule has 0 aromatic heterocycles. The number of carbonyl (C=O) groups is 1. The quantitative estimate of drug-likeness (QED) is 0.854. The van der Waals surface area contributed by atoms with Gasteiger partial charge in [0.05, 0.1) is 17.1 Å². The number of carbonyl (C=O) groups excluding carboxylic acids is 1. The van der Waals surface area contributed by atoms with Gasteiger partial charge in [-0.3, -0.25) is 4.79 Å². The normalized spacial score (nSPS) is 10.5. The zero-order valence-corrected chi connectivity index (χ0v) is 10.9. The number of hydrogen-bond acceptors (Lipinski definition) is 2. The van der Waals surface area contributed by atoms with Crippen molar-refractivity contribution in [2.24, 2.45) is 5.73 Å². The Morgan fingerprint density at radius 2 is 2.06 bits per heavy atom. The molecule has 0 saturated carbocycles. The lowest BCUT2D eigenvalue weighted by molar-refractivity contribution is 0.0731. The summed E-state index contributed by atoms with van der Waals surface area (Å²) in [5.41, 5.74) is 5.07. The van der Waals surface area contributed by atoms with E-state index in [1.807, 2.05) is 0 Å². The first kappa shape index (κ1) is 14.5. The Morgan fingerprint density at radius 1 is 1.44 bits per heavy atom. The fourth-order valence-electron chi connectivity index (χ4n) is 1.47. The third-order valence-electron chi connectivity index (χ3n) is 2.37. The minimum atomic E-state index is -0.769. The van der Waals surface area contributed by atoms with E-state index < -0.39 is 17.5 Å². The average Bonchev–Trinajstić information content (AvgIpc) is 2.27. The molecule has 0 aliphatic rings. The summed E-state index contributed by atoms with van der Waals surface area (Å²) < 4.78 is 26.5. The van der Waals surface area contributed by atoms with Gasteiger partial charge in [-0.2, -0.15) is 0 Å². The monoisotopic (exact) mass is 272 g/mol. The summed E-state index contributed by atoms with van der Waals surface area (Å²) in [6.45, 7) is 3.52. The van der Waals surface area contributed by atoms with E-state index in [1.165, 1.54) is 4.90 Å². The van der Waals surface area contributed by atoms with Gasteiger partial charge in [-0.05, 0) is 32.0 Å². The van der Waals surface area contributed by atoms with E-state index in [4.69, 9.17) is 18.0 Å². The summed E-state index contributed by atoms with van der Waals surface area (Å²) in [6, 6.07) is 2.52. The van der Waals surface area contributed by atoms with Crippen molar-refractivity contribution in [2.75, 3.05) is 6.54 Å². The van der Waals surface area contributed by atoms with Crippen LogP contribution in [-0.2, 0) is 0 Å². The SMILES string of the molecule is CC(C)N(CC(N)=S)C(=O)c1cc(F)ccc1F. The molecule has 0 aliphatic heterocycles. The first-order valence-electron chi connectivity index (χ1n) is 5.37. The Balaban J connectivity index is 3.09. The maximum Gasteiger partial charge on any atom is 0.257 e. The fourth-order valence-corrected chi connectivity index (χ4v) is 1.61. The maximum atomic E-state index is 13.5. The van der Waals surface area contributed by atoms with Gasteiger partial charge in [-0.1, -0.05) is 12.2 Å². The van der Waals surface area contributed by atoms with Gasteiger partial charge < -0.3 is 10.6 Å². The van der Waals surface area contributed by atoms with Crippen molar-refractivity contribution in [3.8, 4) is 0 Å². The van der Waals surface area contributed by atoms with Crippen LogP contribution in [0.5, 0.6) is 0 Å². The summed E-state index contributed by atoms with van der Waals surface area (Å²) in [5, 5.41) is 0. The van der Waals surface area contributed by atoms with Crippen molar-refractivity contribution in [1.29, 1.82) is 0 Å². The van der Waals surface area contributed by atoms with Crippen LogP contribution >= 0.6 is 12.2 Å². The lowest BCUT2D eigenvalue weighted by atomic mass is 10.1. The van der Waals surface area contributed by atoms with Crippen molar-refractivity contribution in [1.82, 2.24) is 4.90 Å². The Labute approximate surface area is 110 Å². The van der Waals surface area contributed by atoms with Gasteiger partial charge in [0.1, 0.15) is 11.6 Å². The molecule has 2 N–H and O–H groups in total. The van der Waals surface area contributed by atoms with Gasteiger partial charge >= 0.3 is 0 Å². The van der Waals surface area contributed by atoms with Crippen LogP contribution in [0.15, 0.2) is 18.2 Å². The minimum Gasteiger partial charge on any atom is -0.392 e. The molecule has 0 unspecified atom stereocenters. The molecule has 1 amide bonds. The molecular formula is C12H14F2N2OS. The Bertz CT molecular complexity index is 477. The standard InChI is InChI=1S/C12H14F2N2OS/c1-7(2)16(6-11(15)18)12(17)9-5-8(13)3-4-10(9)14/h3-5,7H,6H2,1-2H3,(H2,15,18). The number of amides is 1. The van der Waals surface area contributed by atoms with Crippen molar-refractivity contribution < 1.29 is 13.6 Å². The molecule has 0 atom stereocenters. The second kappa shape index (κ2) is 5.86. The summed E-state index contributed by atoms with van der Waals surface area (Å²) in [5.74, 6) is -2.07. The first-order chi connectivity index (χ1) is 8.32. The minimum absolute atomic E-state index is 0.0296. The van der Waals surface area contributed by atoms with Gasteiger partial charge in [0.15, 0.2) is 0 Å². The largest absolute Gasteiger partial charge is 0.392 e. The molecule has 18 heavy (non-hydrogen) atoms. The summed E-state index contributed by atoms with van der Waals surface area (Å²) in [4.78, 5) is 13.5. The molecule has 0 aliphatic carbocycles. The molecule has 0 saturated heterocycles. The molecule has 1 aromatic rings. The molecule has 0 spiro atoms. The number of benzene rings is 1. The van der Waals surface area contributed by atoms with E-state index >= 15 is 0 Å². The second-order valence-electron chi connectivity index (χ2n) is 4.12. The van der Waals surface area contributed by atoms with Crippen molar-refractivity contribution in [3.05, 3.63) is 35.4 Å². The van der Waals surface area contributed by atoms with E-state index in [2.05, 4.69) is 0 Å². The Kier molecular flexibility index (Phi) is 4.72. The third kappa shape index (κ3) is 3.46. The zero-order valence-electron chi connectivity index (χ0n) is 10.1. The van der Waals surface area contributed by atoms with E-state index in [9.17, 15) is 13.6 Å². The lowest BCUT2D eigenvalue weighted by Gasteiger charge is -2.26. The Morgan fingerprint density at radius 3 is 2.56 bits per heavy atom. The maximum absolute atomic E-state index is 13.5. The predicted molar refractivity (Wildman–Crippen MR) is 69.3 cm³/mol. The van der Waals surface area contributed by atoms with Crippen molar-refractivity contribution in [2.45, 2.75) is 19.9 Å². The number of nitrogens with two attached hydrogens (primary N) is 1. The molecule has 3 nitrogen and oxygen atoms in total. The summed E-state index contributed by atoms with van der Waals surface area (Å²) >= 11 is 4.73. The molecule has 1 rings (SSSR count). The third-order valence-corrected chi connectivity index (χ3v) is 2.50. The summed E-state index contributed by atoms with van der Waals surface area (Å²) in [6.07, 6.45) is 0.